The van der Waals surface area contributed by atoms with Gasteiger partial charge in [-0.1, -0.05) is 36.4 Å². The van der Waals surface area contributed by atoms with Crippen LogP contribution >= 0.6 is 0 Å². The molecule has 1 fully saturated rings. The highest BCUT2D eigenvalue weighted by Crippen LogP contribution is 2.11. The second-order valence-electron chi connectivity index (χ2n) is 6.85. The van der Waals surface area contributed by atoms with Gasteiger partial charge in [0, 0.05) is 12.8 Å². The number of rotatable bonds is 0. The summed E-state index contributed by atoms with van der Waals surface area (Å²) >= 11 is 0. The summed E-state index contributed by atoms with van der Waals surface area (Å²) in [5, 5.41) is 31.6. The maximum absolute atomic E-state index is 3.88. The molecule has 0 aliphatic heterocycles. The van der Waals surface area contributed by atoms with Crippen LogP contribution in [0.1, 0.15) is 12.8 Å². The van der Waals surface area contributed by atoms with E-state index in [2.05, 4.69) is 52.0 Å². The summed E-state index contributed by atoms with van der Waals surface area (Å²) in [7, 11) is 0. The number of aromatic amines is 2. The molecule has 1 aliphatic rings. The molecular formula is C21H22N10. The first-order valence-electron chi connectivity index (χ1n) is 9.84. The summed E-state index contributed by atoms with van der Waals surface area (Å²) < 4.78 is 0. The van der Waals surface area contributed by atoms with E-state index in [1.54, 1.807) is 0 Å². The van der Waals surface area contributed by atoms with Gasteiger partial charge < -0.3 is 21.1 Å². The Morgan fingerprint density at radius 2 is 0.871 bits per heavy atom. The van der Waals surface area contributed by atoms with Crippen LogP contribution in [-0.4, -0.2) is 47.1 Å². The van der Waals surface area contributed by atoms with Crippen molar-refractivity contribution >= 4 is 33.1 Å². The largest absolute Gasteiger partial charge is 0.492 e. The Labute approximate surface area is 177 Å². The Morgan fingerprint density at radius 3 is 1.16 bits per heavy atom. The number of hydrogen-bond acceptors (Lipinski definition) is 6. The van der Waals surface area contributed by atoms with E-state index in [9.17, 15) is 0 Å². The molecule has 0 atom stereocenters. The minimum absolute atomic E-state index is 0.833. The van der Waals surface area contributed by atoms with Crippen LogP contribution in [0.5, 0.6) is 0 Å². The summed E-state index contributed by atoms with van der Waals surface area (Å²) in [5.41, 5.74) is 9.12. The second kappa shape index (κ2) is 10.0. The summed E-state index contributed by atoms with van der Waals surface area (Å²) in [6.07, 6.45) is 2.75. The SMILES string of the molecule is [NH3+]C1CC1.c1ccc2n[n-]nc2c1.c1ccc2n[nH]nc2c1.c1ccc2n[nH]nc2c1. The Hall–Kier alpha value is -4.18. The highest BCUT2D eigenvalue weighted by atomic mass is 15.3. The molecule has 156 valence electrons. The Morgan fingerprint density at radius 1 is 0.581 bits per heavy atom. The molecular weight excluding hydrogens is 392 g/mol. The Kier molecular flexibility index (Phi) is 6.51. The molecule has 0 bridgehead atoms. The first kappa shape index (κ1) is 20.1. The van der Waals surface area contributed by atoms with Crippen molar-refractivity contribution in [1.82, 2.24) is 46.2 Å². The highest BCUT2D eigenvalue weighted by Gasteiger charge is 2.18. The van der Waals surface area contributed by atoms with E-state index in [0.717, 1.165) is 39.1 Å². The lowest BCUT2D eigenvalue weighted by Crippen LogP contribution is -2.52. The van der Waals surface area contributed by atoms with Gasteiger partial charge in [0.05, 0.1) is 17.1 Å². The molecule has 5 N–H and O–H groups in total. The summed E-state index contributed by atoms with van der Waals surface area (Å²) in [6, 6.07) is 23.8. The zero-order valence-electron chi connectivity index (χ0n) is 16.8. The fourth-order valence-corrected chi connectivity index (χ4v) is 2.44. The van der Waals surface area contributed by atoms with Crippen LogP contribution in [0, 0.1) is 0 Å². The number of nitrogens with zero attached hydrogens (tertiary/aromatic N) is 7. The van der Waals surface area contributed by atoms with Crippen molar-refractivity contribution < 1.29 is 5.73 Å². The van der Waals surface area contributed by atoms with Gasteiger partial charge in [0.25, 0.3) is 0 Å². The fourth-order valence-electron chi connectivity index (χ4n) is 2.44. The fraction of sp³-hybridized carbons (Fsp3) is 0.143. The molecule has 0 spiro atoms. The van der Waals surface area contributed by atoms with Crippen molar-refractivity contribution in [2.45, 2.75) is 18.9 Å². The predicted molar refractivity (Wildman–Crippen MR) is 117 cm³/mol. The third-order valence-electron chi connectivity index (χ3n) is 4.33. The molecule has 1 aliphatic carbocycles. The number of benzene rings is 3. The van der Waals surface area contributed by atoms with Gasteiger partial charge in [-0.2, -0.15) is 30.8 Å². The van der Waals surface area contributed by atoms with E-state index in [1.165, 1.54) is 12.8 Å². The minimum Gasteiger partial charge on any atom is -0.492 e. The average molecular weight is 414 g/mol. The first-order valence-corrected chi connectivity index (χ1v) is 9.84. The number of aromatic nitrogens is 9. The molecule has 10 heteroatoms. The molecule has 0 saturated heterocycles. The van der Waals surface area contributed by atoms with Gasteiger partial charge in [-0.15, -0.1) is 0 Å². The maximum Gasteiger partial charge on any atom is 0.112 e. The number of nitrogens with one attached hydrogen (secondary N) is 2. The maximum atomic E-state index is 3.88. The molecule has 3 aromatic heterocycles. The van der Waals surface area contributed by atoms with Crippen molar-refractivity contribution in [2.75, 3.05) is 0 Å². The van der Waals surface area contributed by atoms with E-state index in [-0.39, 0.29) is 0 Å². The lowest BCUT2D eigenvalue weighted by molar-refractivity contribution is -0.384. The molecule has 7 rings (SSSR count). The number of para-hydroxylation sites is 4. The summed E-state index contributed by atoms with van der Waals surface area (Å²) in [5.74, 6) is 0. The summed E-state index contributed by atoms with van der Waals surface area (Å²) in [6.45, 7) is 0. The molecule has 0 amide bonds. The van der Waals surface area contributed by atoms with Gasteiger partial charge in [0.15, 0.2) is 0 Å². The molecule has 1 saturated carbocycles. The quantitative estimate of drug-likeness (QED) is 0.343. The van der Waals surface area contributed by atoms with Crippen molar-refractivity contribution in [3.05, 3.63) is 72.8 Å². The average Bonchev–Trinajstić information content (AvgIpc) is 3.27. The van der Waals surface area contributed by atoms with Gasteiger partial charge in [-0.25, -0.2) is 0 Å². The van der Waals surface area contributed by atoms with Gasteiger partial charge in [-0.05, 0) is 36.4 Å². The zero-order valence-corrected chi connectivity index (χ0v) is 16.8. The van der Waals surface area contributed by atoms with E-state index in [0.29, 0.717) is 0 Å². The number of quaternary nitrogens is 1. The van der Waals surface area contributed by atoms with Gasteiger partial charge in [0.2, 0.25) is 0 Å². The van der Waals surface area contributed by atoms with Crippen molar-refractivity contribution in [3.63, 3.8) is 0 Å². The smallest absolute Gasteiger partial charge is 0.112 e. The summed E-state index contributed by atoms with van der Waals surface area (Å²) in [4.78, 5) is 0. The Bertz CT molecular complexity index is 1080. The van der Waals surface area contributed by atoms with Crippen LogP contribution in [0.2, 0.25) is 0 Å². The molecule has 3 heterocycles. The molecule has 10 nitrogen and oxygen atoms in total. The predicted octanol–water partition coefficient (Wildman–Crippen LogP) is 1.89. The zero-order chi connectivity index (χ0) is 21.3. The lowest BCUT2D eigenvalue weighted by Gasteiger charge is -1.82. The molecule has 6 aromatic rings. The van der Waals surface area contributed by atoms with Crippen LogP contribution in [0.25, 0.3) is 33.1 Å². The third kappa shape index (κ3) is 5.90. The topological polar surface area (TPSA) is 151 Å². The molecule has 3 aromatic carbocycles. The van der Waals surface area contributed by atoms with Crippen molar-refractivity contribution in [2.24, 2.45) is 0 Å². The second-order valence-corrected chi connectivity index (χ2v) is 6.85. The van der Waals surface area contributed by atoms with Crippen LogP contribution in [0.4, 0.5) is 0 Å². The van der Waals surface area contributed by atoms with Gasteiger partial charge >= 0.3 is 0 Å². The van der Waals surface area contributed by atoms with Gasteiger partial charge in [-0.3, -0.25) is 0 Å². The standard InChI is InChI=1S/2C6H5N3.C6H4N3.C3H7N/c3*1-2-4-6-5(3-1)7-9-8-6;4-3-1-2-3/h2*1-4H,(H,7,8,9);1-4H;3H,1-2,4H2/q;;-1;/p+1. The molecule has 31 heavy (non-hydrogen) atoms. The Balaban J connectivity index is 0.000000103. The van der Waals surface area contributed by atoms with E-state index in [1.807, 2.05) is 72.8 Å². The molecule has 0 radical (unpaired) electrons. The number of H-pyrrole nitrogens is 2. The van der Waals surface area contributed by atoms with E-state index < -0.39 is 0 Å². The monoisotopic (exact) mass is 414 g/mol. The third-order valence-corrected chi connectivity index (χ3v) is 4.33. The van der Waals surface area contributed by atoms with E-state index in [4.69, 9.17) is 0 Å². The van der Waals surface area contributed by atoms with Crippen molar-refractivity contribution in [1.29, 1.82) is 0 Å². The van der Waals surface area contributed by atoms with Crippen molar-refractivity contribution in [3.8, 4) is 0 Å². The minimum atomic E-state index is 0.833. The van der Waals surface area contributed by atoms with Crippen LogP contribution in [-0.2, 0) is 0 Å². The normalized spacial score (nSPS) is 12.3. The lowest BCUT2D eigenvalue weighted by atomic mass is 10.3. The highest BCUT2D eigenvalue weighted by molar-refractivity contribution is 5.73. The van der Waals surface area contributed by atoms with Crippen LogP contribution in [0.3, 0.4) is 0 Å². The number of fused-ring (bicyclic) bond motifs is 3. The first-order chi connectivity index (χ1) is 15.3. The number of hydrogen-bond donors (Lipinski definition) is 3. The molecule has 0 unspecified atom stereocenters. The van der Waals surface area contributed by atoms with Crippen LogP contribution < -0.4 is 10.9 Å². The van der Waals surface area contributed by atoms with E-state index >= 15 is 0 Å². The van der Waals surface area contributed by atoms with Gasteiger partial charge in [0.1, 0.15) is 22.1 Å². The van der Waals surface area contributed by atoms with Crippen LogP contribution in [0.15, 0.2) is 72.8 Å².